The Morgan fingerprint density at radius 3 is 2.60 bits per heavy atom. The fourth-order valence-corrected chi connectivity index (χ4v) is 2.29. The van der Waals surface area contributed by atoms with Crippen molar-refractivity contribution >= 4 is 19.7 Å². The van der Waals surface area contributed by atoms with Crippen LogP contribution in [0.2, 0.25) is 0 Å². The fraction of sp³-hybridized carbons (Fsp3) is 0.200. The number of ether oxygens (including phenoxy) is 1. The molecule has 0 N–H and O–H groups in total. The van der Waals surface area contributed by atoms with E-state index in [0.29, 0.717) is 5.82 Å². The van der Waals surface area contributed by atoms with Crippen molar-refractivity contribution < 1.29 is 21.9 Å². The highest BCUT2D eigenvalue weighted by molar-refractivity contribution is 8.13. The van der Waals surface area contributed by atoms with Gasteiger partial charge in [-0.15, -0.1) is 10.2 Å². The van der Waals surface area contributed by atoms with Gasteiger partial charge >= 0.3 is 0 Å². The number of halogens is 3. The SMILES string of the molecule is Cn1cnnc1COc1ccc(S(=O)(=O)Cl)c(F)c1F. The van der Waals surface area contributed by atoms with Crippen LogP contribution in [-0.2, 0) is 22.7 Å². The van der Waals surface area contributed by atoms with Crippen LogP contribution < -0.4 is 4.74 Å². The van der Waals surface area contributed by atoms with Crippen LogP contribution in [-0.4, -0.2) is 23.2 Å². The molecule has 1 aromatic carbocycles. The van der Waals surface area contributed by atoms with Gasteiger partial charge in [-0.1, -0.05) is 0 Å². The van der Waals surface area contributed by atoms with E-state index in [-0.39, 0.29) is 6.61 Å². The number of nitrogens with zero attached hydrogens (tertiary/aromatic N) is 3. The van der Waals surface area contributed by atoms with Crippen molar-refractivity contribution in [3.8, 4) is 5.75 Å². The molecule has 0 atom stereocenters. The number of aromatic nitrogens is 3. The first-order valence-corrected chi connectivity index (χ1v) is 7.50. The van der Waals surface area contributed by atoms with Crippen molar-refractivity contribution in [2.75, 3.05) is 0 Å². The van der Waals surface area contributed by atoms with E-state index in [1.807, 2.05) is 0 Å². The molecular formula is C10H8ClF2N3O3S. The highest BCUT2D eigenvalue weighted by Crippen LogP contribution is 2.27. The van der Waals surface area contributed by atoms with Crippen molar-refractivity contribution in [1.29, 1.82) is 0 Å². The molecule has 20 heavy (non-hydrogen) atoms. The Morgan fingerprint density at radius 1 is 1.35 bits per heavy atom. The molecule has 0 aliphatic carbocycles. The van der Waals surface area contributed by atoms with Gasteiger partial charge in [0.05, 0.1) is 0 Å². The average Bonchev–Trinajstić information content (AvgIpc) is 2.75. The van der Waals surface area contributed by atoms with Gasteiger partial charge in [-0.2, -0.15) is 4.39 Å². The molecule has 0 fully saturated rings. The van der Waals surface area contributed by atoms with Gasteiger partial charge in [0.25, 0.3) is 9.05 Å². The summed E-state index contributed by atoms with van der Waals surface area (Å²) in [5, 5.41) is 7.28. The van der Waals surface area contributed by atoms with Crippen molar-refractivity contribution in [1.82, 2.24) is 14.8 Å². The second-order valence-corrected chi connectivity index (χ2v) is 6.31. The second kappa shape index (κ2) is 5.33. The van der Waals surface area contributed by atoms with Crippen LogP contribution in [0.5, 0.6) is 5.75 Å². The van der Waals surface area contributed by atoms with E-state index in [0.717, 1.165) is 12.1 Å². The third-order valence-corrected chi connectivity index (χ3v) is 3.78. The maximum Gasteiger partial charge on any atom is 0.264 e. The van der Waals surface area contributed by atoms with Crippen molar-refractivity contribution in [2.45, 2.75) is 11.5 Å². The van der Waals surface area contributed by atoms with Gasteiger partial charge in [-0.3, -0.25) is 0 Å². The molecule has 6 nitrogen and oxygen atoms in total. The summed E-state index contributed by atoms with van der Waals surface area (Å²) in [7, 11) is 2.26. The molecule has 2 rings (SSSR count). The van der Waals surface area contributed by atoms with Gasteiger partial charge in [-0.25, -0.2) is 12.8 Å². The van der Waals surface area contributed by atoms with Crippen LogP contribution in [0.15, 0.2) is 23.4 Å². The number of hydrogen-bond acceptors (Lipinski definition) is 5. The summed E-state index contributed by atoms with van der Waals surface area (Å²) < 4.78 is 55.8. The molecule has 0 amide bonds. The van der Waals surface area contributed by atoms with Crippen molar-refractivity contribution in [3.05, 3.63) is 35.9 Å². The Balaban J connectivity index is 2.27. The number of aryl methyl sites for hydroxylation is 1. The molecule has 0 bridgehead atoms. The van der Waals surface area contributed by atoms with Gasteiger partial charge < -0.3 is 9.30 Å². The van der Waals surface area contributed by atoms with Crippen LogP contribution in [0.3, 0.4) is 0 Å². The van der Waals surface area contributed by atoms with E-state index < -0.39 is 31.3 Å². The van der Waals surface area contributed by atoms with Gasteiger partial charge in [0.1, 0.15) is 17.8 Å². The lowest BCUT2D eigenvalue weighted by Crippen LogP contribution is -2.06. The van der Waals surface area contributed by atoms with Crippen molar-refractivity contribution in [3.63, 3.8) is 0 Å². The number of rotatable bonds is 4. The van der Waals surface area contributed by atoms with Gasteiger partial charge in [0, 0.05) is 17.7 Å². The number of hydrogen-bond donors (Lipinski definition) is 0. The van der Waals surface area contributed by atoms with E-state index >= 15 is 0 Å². The predicted molar refractivity (Wildman–Crippen MR) is 64.7 cm³/mol. The van der Waals surface area contributed by atoms with Crippen molar-refractivity contribution in [2.24, 2.45) is 7.05 Å². The van der Waals surface area contributed by atoms with Gasteiger partial charge in [-0.05, 0) is 12.1 Å². The average molecular weight is 324 g/mol. The molecule has 0 radical (unpaired) electrons. The van der Waals surface area contributed by atoms with Crippen LogP contribution in [0.25, 0.3) is 0 Å². The summed E-state index contributed by atoms with van der Waals surface area (Å²) in [5.41, 5.74) is 0. The quantitative estimate of drug-likeness (QED) is 0.799. The summed E-state index contributed by atoms with van der Waals surface area (Å²) in [4.78, 5) is -0.942. The zero-order valence-corrected chi connectivity index (χ0v) is 11.6. The Morgan fingerprint density at radius 2 is 2.05 bits per heavy atom. The van der Waals surface area contributed by atoms with Crippen LogP contribution in [0, 0.1) is 11.6 Å². The Kier molecular flexibility index (Phi) is 3.91. The predicted octanol–water partition coefficient (Wildman–Crippen LogP) is 1.60. The molecule has 0 saturated heterocycles. The lowest BCUT2D eigenvalue weighted by atomic mass is 10.3. The first kappa shape index (κ1) is 14.7. The van der Waals surface area contributed by atoms with E-state index in [9.17, 15) is 17.2 Å². The topological polar surface area (TPSA) is 74.1 Å². The molecular weight excluding hydrogens is 316 g/mol. The van der Waals surface area contributed by atoms with E-state index in [4.69, 9.17) is 15.4 Å². The summed E-state index contributed by atoms with van der Waals surface area (Å²) in [5.74, 6) is -3.09. The minimum Gasteiger partial charge on any atom is -0.482 e. The first-order chi connectivity index (χ1) is 9.30. The summed E-state index contributed by atoms with van der Waals surface area (Å²) in [6.07, 6.45) is 1.42. The highest BCUT2D eigenvalue weighted by Gasteiger charge is 2.22. The molecule has 1 aromatic heterocycles. The molecule has 108 valence electrons. The molecule has 0 unspecified atom stereocenters. The molecule has 0 aliphatic heterocycles. The second-order valence-electron chi connectivity index (χ2n) is 3.77. The van der Waals surface area contributed by atoms with E-state index in [1.165, 1.54) is 10.9 Å². The summed E-state index contributed by atoms with van der Waals surface area (Å²) in [6.45, 7) is -0.153. The minimum absolute atomic E-state index is 0.153. The molecule has 2 aromatic rings. The Hall–Kier alpha value is -1.74. The normalized spacial score (nSPS) is 11.6. The molecule has 0 aliphatic rings. The molecule has 10 heteroatoms. The van der Waals surface area contributed by atoms with E-state index in [1.54, 1.807) is 7.05 Å². The largest absolute Gasteiger partial charge is 0.482 e. The first-order valence-electron chi connectivity index (χ1n) is 5.19. The molecule has 1 heterocycles. The molecule has 0 spiro atoms. The van der Waals surface area contributed by atoms with Crippen LogP contribution in [0.1, 0.15) is 5.82 Å². The Labute approximate surface area is 117 Å². The Bertz CT molecular complexity index is 748. The third kappa shape index (κ3) is 2.88. The maximum absolute atomic E-state index is 13.7. The monoisotopic (exact) mass is 323 g/mol. The zero-order chi connectivity index (χ0) is 14.9. The van der Waals surface area contributed by atoms with Gasteiger partial charge in [0.2, 0.25) is 5.82 Å². The summed E-state index contributed by atoms with van der Waals surface area (Å²) in [6, 6.07) is 1.80. The zero-order valence-electron chi connectivity index (χ0n) is 10.0. The number of benzene rings is 1. The smallest absolute Gasteiger partial charge is 0.264 e. The standard InChI is InChI=1S/C10H8ClF2N3O3S/c1-16-5-14-15-8(16)4-19-6-2-3-7(20(11,17)18)10(13)9(6)12/h2-3,5H,4H2,1H3. The lowest BCUT2D eigenvalue weighted by molar-refractivity contribution is 0.270. The highest BCUT2D eigenvalue weighted by atomic mass is 35.7. The van der Waals surface area contributed by atoms with E-state index in [2.05, 4.69) is 10.2 Å². The van der Waals surface area contributed by atoms with Gasteiger partial charge in [0.15, 0.2) is 17.4 Å². The van der Waals surface area contributed by atoms with Crippen LogP contribution in [0.4, 0.5) is 8.78 Å². The lowest BCUT2D eigenvalue weighted by Gasteiger charge is -2.08. The van der Waals surface area contributed by atoms with Crippen LogP contribution >= 0.6 is 10.7 Å². The molecule has 0 saturated carbocycles. The maximum atomic E-state index is 13.7. The summed E-state index contributed by atoms with van der Waals surface area (Å²) >= 11 is 0. The third-order valence-electron chi connectivity index (χ3n) is 2.44. The fourth-order valence-electron chi connectivity index (χ4n) is 1.39. The minimum atomic E-state index is -4.36.